The molecule has 178 valence electrons. The summed E-state index contributed by atoms with van der Waals surface area (Å²) < 4.78 is 0. The number of aliphatic hydroxyl groups is 1. The van der Waals surface area contributed by atoms with E-state index in [1.165, 1.54) is 4.90 Å². The van der Waals surface area contributed by atoms with Crippen LogP contribution in [0.4, 0.5) is 0 Å². The van der Waals surface area contributed by atoms with Crippen molar-refractivity contribution in [3.05, 3.63) is 70.8 Å². The number of carbonyl (C=O) groups excluding carboxylic acids is 2. The average molecular weight is 461 g/mol. The van der Waals surface area contributed by atoms with E-state index in [0.717, 1.165) is 42.4 Å². The van der Waals surface area contributed by atoms with E-state index in [1.807, 2.05) is 38.1 Å². The number of amides is 2. The van der Waals surface area contributed by atoms with Crippen LogP contribution >= 0.6 is 0 Å². The molecule has 2 aromatic carbocycles. The van der Waals surface area contributed by atoms with Crippen molar-refractivity contribution >= 4 is 17.8 Å². The molecule has 1 spiro atoms. The first-order valence-corrected chi connectivity index (χ1v) is 12.2. The van der Waals surface area contributed by atoms with E-state index >= 15 is 0 Å². The van der Waals surface area contributed by atoms with Crippen molar-refractivity contribution in [3.8, 4) is 0 Å². The standard InChI is InChI=1S/C27H32N4O3/c1-3-26(4-2)15-21(32)31(25(28)30-26)16-17-8-7-9-18(14-17)24(34)29-22-19-10-5-6-11-20(19)27(12-13-27)23(22)33/h5-11,14,22-23,33H,3-4,12-13,15-16H2,1-2H3,(H2,28,30)(H,29,34). The Kier molecular flexibility index (Phi) is 5.47. The molecule has 2 unspecified atom stereocenters. The molecule has 5 rings (SSSR count). The molecular formula is C27H32N4O3. The van der Waals surface area contributed by atoms with Crippen LogP contribution in [0, 0.1) is 5.41 Å². The fourth-order valence-corrected chi connectivity index (χ4v) is 5.66. The molecule has 2 aliphatic carbocycles. The molecule has 1 aliphatic heterocycles. The minimum atomic E-state index is -0.632. The minimum absolute atomic E-state index is 0.0808. The molecule has 4 N–H and O–H groups in total. The van der Waals surface area contributed by atoms with Gasteiger partial charge in [0.05, 0.1) is 25.1 Å². The van der Waals surface area contributed by atoms with E-state index in [4.69, 9.17) is 5.41 Å². The maximum atomic E-state index is 13.2. The highest BCUT2D eigenvalue weighted by molar-refractivity contribution is 5.99. The van der Waals surface area contributed by atoms with Gasteiger partial charge in [-0.3, -0.25) is 19.9 Å². The Morgan fingerprint density at radius 1 is 1.18 bits per heavy atom. The lowest BCUT2D eigenvalue weighted by Gasteiger charge is -2.42. The van der Waals surface area contributed by atoms with Gasteiger partial charge in [-0.25, -0.2) is 0 Å². The Balaban J connectivity index is 1.31. The Morgan fingerprint density at radius 3 is 2.59 bits per heavy atom. The Morgan fingerprint density at radius 2 is 1.91 bits per heavy atom. The Bertz CT molecular complexity index is 1130. The van der Waals surface area contributed by atoms with Crippen LogP contribution in [-0.4, -0.2) is 39.4 Å². The van der Waals surface area contributed by atoms with E-state index < -0.39 is 12.1 Å². The molecule has 2 fully saturated rings. The summed E-state index contributed by atoms with van der Waals surface area (Å²) in [6, 6.07) is 14.7. The molecule has 0 bridgehead atoms. The van der Waals surface area contributed by atoms with Gasteiger partial charge in [0.25, 0.3) is 5.91 Å². The van der Waals surface area contributed by atoms with Gasteiger partial charge in [-0.05, 0) is 54.5 Å². The number of nitrogens with one attached hydrogen (secondary N) is 3. The Labute approximate surface area is 200 Å². The summed E-state index contributed by atoms with van der Waals surface area (Å²) in [7, 11) is 0. The summed E-state index contributed by atoms with van der Waals surface area (Å²) in [5.41, 5.74) is 2.81. The number of hydrogen-bond donors (Lipinski definition) is 4. The second-order valence-electron chi connectivity index (χ2n) is 9.96. The molecule has 1 saturated heterocycles. The maximum Gasteiger partial charge on any atom is 0.251 e. The van der Waals surface area contributed by atoms with Crippen LogP contribution in [0.5, 0.6) is 0 Å². The van der Waals surface area contributed by atoms with Crippen molar-refractivity contribution in [2.45, 2.75) is 75.6 Å². The zero-order chi connectivity index (χ0) is 24.1. The van der Waals surface area contributed by atoms with E-state index in [9.17, 15) is 14.7 Å². The molecule has 0 aromatic heterocycles. The van der Waals surface area contributed by atoms with Crippen LogP contribution in [0.25, 0.3) is 0 Å². The van der Waals surface area contributed by atoms with Crippen LogP contribution in [-0.2, 0) is 16.8 Å². The largest absolute Gasteiger partial charge is 0.390 e. The predicted octanol–water partition coefficient (Wildman–Crippen LogP) is 3.38. The first-order valence-electron chi connectivity index (χ1n) is 12.2. The van der Waals surface area contributed by atoms with Crippen molar-refractivity contribution in [2.24, 2.45) is 0 Å². The molecular weight excluding hydrogens is 428 g/mol. The molecule has 2 amide bonds. The van der Waals surface area contributed by atoms with E-state index in [2.05, 4.69) is 16.7 Å². The number of rotatable bonds is 6. The highest BCUT2D eigenvalue weighted by Gasteiger charge is 2.59. The van der Waals surface area contributed by atoms with Gasteiger partial charge >= 0.3 is 0 Å². The summed E-state index contributed by atoms with van der Waals surface area (Å²) in [6.07, 6.45) is 3.15. The van der Waals surface area contributed by atoms with Gasteiger partial charge in [0.2, 0.25) is 5.91 Å². The average Bonchev–Trinajstić information content (AvgIpc) is 3.62. The molecule has 3 aliphatic rings. The molecule has 7 nitrogen and oxygen atoms in total. The van der Waals surface area contributed by atoms with Crippen LogP contribution in [0.1, 0.15) is 79.0 Å². The lowest BCUT2D eigenvalue weighted by Crippen LogP contribution is -2.61. The number of hydrogen-bond acceptors (Lipinski definition) is 4. The van der Waals surface area contributed by atoms with Crippen molar-refractivity contribution in [1.29, 1.82) is 5.41 Å². The third kappa shape index (κ3) is 3.59. The van der Waals surface area contributed by atoms with Gasteiger partial charge in [-0.1, -0.05) is 50.2 Å². The summed E-state index contributed by atoms with van der Waals surface area (Å²) in [5.74, 6) is -0.231. The summed E-state index contributed by atoms with van der Waals surface area (Å²) >= 11 is 0. The van der Waals surface area contributed by atoms with Crippen LogP contribution in [0.3, 0.4) is 0 Å². The van der Waals surface area contributed by atoms with Gasteiger partial charge in [-0.2, -0.15) is 0 Å². The Hall–Kier alpha value is -3.19. The molecule has 1 saturated carbocycles. The molecule has 1 heterocycles. The monoisotopic (exact) mass is 460 g/mol. The molecule has 34 heavy (non-hydrogen) atoms. The van der Waals surface area contributed by atoms with Gasteiger partial charge in [-0.15, -0.1) is 0 Å². The van der Waals surface area contributed by atoms with Gasteiger partial charge in [0.1, 0.15) is 0 Å². The normalized spacial score (nSPS) is 24.0. The lowest BCUT2D eigenvalue weighted by molar-refractivity contribution is -0.131. The predicted molar refractivity (Wildman–Crippen MR) is 129 cm³/mol. The maximum absolute atomic E-state index is 13.2. The summed E-state index contributed by atoms with van der Waals surface area (Å²) in [6.45, 7) is 4.28. The third-order valence-corrected chi connectivity index (χ3v) is 8.12. The van der Waals surface area contributed by atoms with Gasteiger partial charge < -0.3 is 15.7 Å². The minimum Gasteiger partial charge on any atom is -0.390 e. The van der Waals surface area contributed by atoms with E-state index in [-0.39, 0.29) is 35.3 Å². The van der Waals surface area contributed by atoms with Crippen molar-refractivity contribution < 1.29 is 14.7 Å². The second kappa shape index (κ2) is 8.24. The quantitative estimate of drug-likeness (QED) is 0.530. The number of carbonyl (C=O) groups is 2. The zero-order valence-corrected chi connectivity index (χ0v) is 19.7. The van der Waals surface area contributed by atoms with Crippen LogP contribution in [0.15, 0.2) is 48.5 Å². The number of nitrogens with zero attached hydrogens (tertiary/aromatic N) is 1. The number of fused-ring (bicyclic) bond motifs is 2. The van der Waals surface area contributed by atoms with Crippen molar-refractivity contribution in [1.82, 2.24) is 15.5 Å². The van der Waals surface area contributed by atoms with Gasteiger partial charge in [0.15, 0.2) is 5.96 Å². The van der Waals surface area contributed by atoms with Crippen molar-refractivity contribution in [2.75, 3.05) is 0 Å². The number of benzene rings is 2. The molecule has 7 heteroatoms. The summed E-state index contributed by atoms with van der Waals surface area (Å²) in [4.78, 5) is 27.5. The first kappa shape index (κ1) is 22.6. The fourth-order valence-electron chi connectivity index (χ4n) is 5.66. The van der Waals surface area contributed by atoms with Crippen LogP contribution < -0.4 is 10.6 Å². The number of aliphatic hydroxyl groups excluding tert-OH is 1. The van der Waals surface area contributed by atoms with Crippen molar-refractivity contribution in [3.63, 3.8) is 0 Å². The topological polar surface area (TPSA) is 106 Å². The highest BCUT2D eigenvalue weighted by atomic mass is 16.3. The second-order valence-corrected chi connectivity index (χ2v) is 9.96. The molecule has 0 radical (unpaired) electrons. The number of guanidine groups is 1. The molecule has 2 aromatic rings. The SMILES string of the molecule is CCC1(CC)CC(=O)N(Cc2cccc(C(=O)NC3c4ccccc4C4(CC4)C3O)c2)C(=N)N1. The zero-order valence-electron chi connectivity index (χ0n) is 19.7. The third-order valence-electron chi connectivity index (χ3n) is 8.12. The first-order chi connectivity index (χ1) is 16.3. The lowest BCUT2D eigenvalue weighted by atomic mass is 9.87. The van der Waals surface area contributed by atoms with E-state index in [0.29, 0.717) is 12.0 Å². The van der Waals surface area contributed by atoms with Gasteiger partial charge in [0, 0.05) is 16.5 Å². The van der Waals surface area contributed by atoms with E-state index in [1.54, 1.807) is 18.2 Å². The molecule has 2 atom stereocenters. The highest BCUT2D eigenvalue weighted by Crippen LogP contribution is 2.59. The fraction of sp³-hybridized carbons (Fsp3) is 0.444. The summed E-state index contributed by atoms with van der Waals surface area (Å²) in [5, 5.41) is 25.7. The smallest absolute Gasteiger partial charge is 0.251 e. The van der Waals surface area contributed by atoms with Crippen LogP contribution in [0.2, 0.25) is 0 Å².